The van der Waals surface area contributed by atoms with Crippen LogP contribution in [0.3, 0.4) is 0 Å². The van der Waals surface area contributed by atoms with Crippen molar-refractivity contribution in [2.24, 2.45) is 16.0 Å². The Kier molecular flexibility index (Phi) is 10.6. The summed E-state index contributed by atoms with van der Waals surface area (Å²) in [5.41, 5.74) is -0.0277. The maximum Gasteiger partial charge on any atom is 0.344 e. The van der Waals surface area contributed by atoms with Crippen LogP contribution in [0, 0.1) is 10.8 Å². The minimum absolute atomic E-state index is 0.0298. The first-order chi connectivity index (χ1) is 18.4. The van der Waals surface area contributed by atoms with Crippen LogP contribution in [0.4, 0.5) is 0 Å². The maximum absolute atomic E-state index is 13.0. The zero-order valence-corrected chi connectivity index (χ0v) is 25.0. The Morgan fingerprint density at radius 3 is 1.50 bits per heavy atom. The van der Waals surface area contributed by atoms with E-state index in [-0.39, 0.29) is 42.0 Å². The summed E-state index contributed by atoms with van der Waals surface area (Å²) in [6.45, 7) is 16.5. The van der Waals surface area contributed by atoms with Crippen molar-refractivity contribution in [3.05, 3.63) is 70.8 Å². The summed E-state index contributed by atoms with van der Waals surface area (Å²) in [4.78, 5) is 55.4. The highest BCUT2D eigenvalue weighted by Gasteiger charge is 2.25. The van der Waals surface area contributed by atoms with Crippen LogP contribution in [0.5, 0.6) is 0 Å². The smallest absolute Gasteiger partial charge is 0.344 e. The van der Waals surface area contributed by atoms with E-state index in [2.05, 4.69) is 5.16 Å². The lowest BCUT2D eigenvalue weighted by Crippen LogP contribution is -2.23. The molecule has 8 heteroatoms. The molecule has 8 nitrogen and oxygen atoms in total. The standard InChI is InChI=1S/C32H41NO7/c1-30(2,3)26(35)21-12-16-23(17-13-21)28(33-38-20-10-11-25(34)40-32(7,8)9)39-29(37)24-18-14-22(15-19-24)27(36)31(4,5)6/h12-19H,10-11,20H2,1-9H3. The summed E-state index contributed by atoms with van der Waals surface area (Å²) in [5, 5.41) is 4.01. The second kappa shape index (κ2) is 13.0. The van der Waals surface area contributed by atoms with Gasteiger partial charge in [-0.1, -0.05) is 65.8 Å². The minimum Gasteiger partial charge on any atom is -0.460 e. The third-order valence-electron chi connectivity index (χ3n) is 5.51. The first-order valence-corrected chi connectivity index (χ1v) is 13.3. The van der Waals surface area contributed by atoms with Gasteiger partial charge in [-0.2, -0.15) is 0 Å². The SMILES string of the molecule is CC(C)(C)OC(=O)CCCON=C(OC(=O)c1ccc(C(=O)C(C)(C)C)cc1)c1ccc(C(=O)C(C)(C)C)cc1. The van der Waals surface area contributed by atoms with Crippen molar-refractivity contribution < 1.29 is 33.5 Å². The van der Waals surface area contributed by atoms with E-state index in [0.29, 0.717) is 23.1 Å². The molecular formula is C32H41NO7. The van der Waals surface area contributed by atoms with Crippen LogP contribution in [0.15, 0.2) is 53.7 Å². The van der Waals surface area contributed by atoms with Gasteiger partial charge >= 0.3 is 11.9 Å². The van der Waals surface area contributed by atoms with Crippen molar-refractivity contribution in [3.63, 3.8) is 0 Å². The third-order valence-corrected chi connectivity index (χ3v) is 5.51. The van der Waals surface area contributed by atoms with Crippen molar-refractivity contribution in [3.8, 4) is 0 Å². The van der Waals surface area contributed by atoms with Gasteiger partial charge in [-0.25, -0.2) is 4.79 Å². The van der Waals surface area contributed by atoms with E-state index in [0.717, 1.165) is 0 Å². The number of ketones is 2. The number of hydrogen-bond donors (Lipinski definition) is 0. The molecule has 216 valence electrons. The van der Waals surface area contributed by atoms with Crippen LogP contribution in [0.2, 0.25) is 0 Å². The fraction of sp³-hybridized carbons (Fsp3) is 0.469. The molecule has 0 heterocycles. The Morgan fingerprint density at radius 2 is 1.07 bits per heavy atom. The summed E-state index contributed by atoms with van der Waals surface area (Å²) in [5.74, 6) is -1.22. The summed E-state index contributed by atoms with van der Waals surface area (Å²) >= 11 is 0. The van der Waals surface area contributed by atoms with E-state index in [4.69, 9.17) is 14.3 Å². The number of oxime groups is 1. The lowest BCUT2D eigenvalue weighted by molar-refractivity contribution is -0.155. The molecule has 40 heavy (non-hydrogen) atoms. The molecule has 0 aliphatic rings. The van der Waals surface area contributed by atoms with Crippen molar-refractivity contribution in [2.45, 2.75) is 80.8 Å². The summed E-state index contributed by atoms with van der Waals surface area (Å²) in [6, 6.07) is 12.7. The highest BCUT2D eigenvalue weighted by Crippen LogP contribution is 2.23. The van der Waals surface area contributed by atoms with Gasteiger partial charge in [-0.3, -0.25) is 14.4 Å². The number of Topliss-reactive ketones (excluding diaryl/α,β-unsaturated/α-hetero) is 2. The molecule has 0 aliphatic heterocycles. The lowest BCUT2D eigenvalue weighted by atomic mass is 9.86. The van der Waals surface area contributed by atoms with E-state index in [1.807, 2.05) is 41.5 Å². The molecule has 2 aromatic rings. The molecule has 0 saturated heterocycles. The fourth-order valence-electron chi connectivity index (χ4n) is 3.44. The zero-order chi connectivity index (χ0) is 30.3. The van der Waals surface area contributed by atoms with Gasteiger partial charge in [0.1, 0.15) is 12.2 Å². The monoisotopic (exact) mass is 551 g/mol. The number of esters is 2. The molecule has 0 radical (unpaired) electrons. The normalized spacial score (nSPS) is 12.5. The van der Waals surface area contributed by atoms with Crippen LogP contribution < -0.4 is 0 Å². The zero-order valence-electron chi connectivity index (χ0n) is 25.0. The van der Waals surface area contributed by atoms with E-state index in [1.54, 1.807) is 57.2 Å². The Bertz CT molecular complexity index is 1240. The van der Waals surface area contributed by atoms with Gasteiger partial charge in [0.15, 0.2) is 11.6 Å². The van der Waals surface area contributed by atoms with E-state index in [1.165, 1.54) is 12.1 Å². The fourth-order valence-corrected chi connectivity index (χ4v) is 3.44. The number of carbonyl (C=O) groups excluding carboxylic acids is 4. The van der Waals surface area contributed by atoms with Crippen LogP contribution in [-0.4, -0.2) is 41.6 Å². The molecule has 0 aromatic heterocycles. The average Bonchev–Trinajstić information content (AvgIpc) is 2.85. The molecule has 2 aromatic carbocycles. The van der Waals surface area contributed by atoms with Crippen molar-refractivity contribution >= 4 is 29.4 Å². The molecule has 0 saturated carbocycles. The van der Waals surface area contributed by atoms with Gasteiger partial charge in [0.2, 0.25) is 0 Å². The van der Waals surface area contributed by atoms with E-state index in [9.17, 15) is 19.2 Å². The minimum atomic E-state index is -0.694. The van der Waals surface area contributed by atoms with Crippen LogP contribution in [0.1, 0.15) is 112 Å². The Balaban J connectivity index is 2.21. The van der Waals surface area contributed by atoms with Gasteiger partial charge in [0.05, 0.1) is 5.56 Å². The van der Waals surface area contributed by atoms with Gasteiger partial charge in [-0.05, 0) is 56.6 Å². The van der Waals surface area contributed by atoms with Gasteiger partial charge < -0.3 is 14.3 Å². The molecule has 0 unspecified atom stereocenters. The van der Waals surface area contributed by atoms with Gasteiger partial charge in [-0.15, -0.1) is 0 Å². The second-order valence-corrected chi connectivity index (χ2v) is 12.6. The molecule has 0 bridgehead atoms. The molecule has 2 rings (SSSR count). The molecule has 0 fully saturated rings. The predicted octanol–water partition coefficient (Wildman–Crippen LogP) is 6.80. The topological polar surface area (TPSA) is 108 Å². The predicted molar refractivity (Wildman–Crippen MR) is 153 cm³/mol. The van der Waals surface area contributed by atoms with Gasteiger partial charge in [0, 0.05) is 33.9 Å². The summed E-state index contributed by atoms with van der Waals surface area (Å²) in [7, 11) is 0. The number of benzene rings is 2. The quantitative estimate of drug-likeness (QED) is 0.0842. The third kappa shape index (κ3) is 10.1. The molecule has 0 amide bonds. The average molecular weight is 552 g/mol. The first kappa shape index (κ1) is 32.4. The van der Waals surface area contributed by atoms with Crippen molar-refractivity contribution in [2.75, 3.05) is 6.61 Å². The lowest BCUT2D eigenvalue weighted by Gasteiger charge is -2.19. The van der Waals surface area contributed by atoms with Crippen molar-refractivity contribution in [1.29, 1.82) is 0 Å². The Labute approximate surface area is 237 Å². The van der Waals surface area contributed by atoms with Crippen LogP contribution in [0.25, 0.3) is 0 Å². The maximum atomic E-state index is 13.0. The molecule has 0 spiro atoms. The molecule has 0 atom stereocenters. The number of carbonyl (C=O) groups is 4. The highest BCUT2D eigenvalue weighted by atomic mass is 16.7. The number of ether oxygens (including phenoxy) is 2. The Morgan fingerprint density at radius 1 is 0.650 bits per heavy atom. The van der Waals surface area contributed by atoms with Gasteiger partial charge in [0.25, 0.3) is 5.90 Å². The molecular weight excluding hydrogens is 510 g/mol. The number of nitrogens with zero attached hydrogens (tertiary/aromatic N) is 1. The van der Waals surface area contributed by atoms with E-state index >= 15 is 0 Å². The van der Waals surface area contributed by atoms with Crippen LogP contribution in [-0.2, 0) is 19.1 Å². The summed E-state index contributed by atoms with van der Waals surface area (Å²) < 4.78 is 10.9. The van der Waals surface area contributed by atoms with Crippen LogP contribution >= 0.6 is 0 Å². The summed E-state index contributed by atoms with van der Waals surface area (Å²) in [6.07, 6.45) is 0.493. The second-order valence-electron chi connectivity index (χ2n) is 12.6. The highest BCUT2D eigenvalue weighted by molar-refractivity contribution is 6.06. The largest absolute Gasteiger partial charge is 0.460 e. The number of rotatable bonds is 9. The molecule has 0 aliphatic carbocycles. The first-order valence-electron chi connectivity index (χ1n) is 13.3. The Hall–Kier alpha value is -3.81. The van der Waals surface area contributed by atoms with E-state index < -0.39 is 22.4 Å². The molecule has 0 N–H and O–H groups in total. The van der Waals surface area contributed by atoms with Crippen molar-refractivity contribution in [1.82, 2.24) is 0 Å². The number of hydrogen-bond acceptors (Lipinski definition) is 8.